The van der Waals surface area contributed by atoms with Crippen LogP contribution in [0, 0.1) is 0 Å². The minimum atomic E-state index is -0.840. The second-order valence-electron chi connectivity index (χ2n) is 3.06. The second kappa shape index (κ2) is 4.98. The van der Waals surface area contributed by atoms with E-state index in [4.69, 9.17) is 22.4 Å². The summed E-state index contributed by atoms with van der Waals surface area (Å²) in [6.07, 6.45) is 0.464. The van der Waals surface area contributed by atoms with E-state index in [-0.39, 0.29) is 12.5 Å². The first kappa shape index (κ1) is 11.0. The zero-order valence-electron chi connectivity index (χ0n) is 7.61. The van der Waals surface area contributed by atoms with Gasteiger partial charge in [0.1, 0.15) is 0 Å². The van der Waals surface area contributed by atoms with Crippen LogP contribution in [0.25, 0.3) is 0 Å². The third kappa shape index (κ3) is 3.01. The van der Waals surface area contributed by atoms with E-state index in [1.807, 2.05) is 18.2 Å². The van der Waals surface area contributed by atoms with Crippen molar-refractivity contribution < 1.29 is 9.90 Å². The molecule has 1 rings (SSSR count). The molecule has 0 aliphatic carbocycles. The van der Waals surface area contributed by atoms with E-state index in [2.05, 4.69) is 0 Å². The molecule has 0 spiro atoms. The van der Waals surface area contributed by atoms with Gasteiger partial charge in [-0.2, -0.15) is 0 Å². The van der Waals surface area contributed by atoms with E-state index in [1.165, 1.54) is 0 Å². The number of carboxylic acid groups (broad SMARTS) is 1. The topological polar surface area (TPSA) is 63.3 Å². The lowest BCUT2D eigenvalue weighted by molar-refractivity contribution is -0.137. The van der Waals surface area contributed by atoms with Crippen molar-refractivity contribution in [3.05, 3.63) is 34.9 Å². The zero-order valence-corrected chi connectivity index (χ0v) is 8.37. The minimum absolute atomic E-state index is 0.0619. The van der Waals surface area contributed by atoms with E-state index in [9.17, 15) is 4.79 Å². The largest absolute Gasteiger partial charge is 0.481 e. The zero-order chi connectivity index (χ0) is 10.6. The Hall–Kier alpha value is -1.06. The van der Waals surface area contributed by atoms with Gasteiger partial charge in [-0.1, -0.05) is 29.8 Å². The number of carbonyl (C=O) groups is 1. The molecule has 0 aliphatic rings. The molecule has 0 amide bonds. The molecule has 0 saturated carbocycles. The van der Waals surface area contributed by atoms with Crippen LogP contribution in [-0.4, -0.2) is 11.1 Å². The predicted molar refractivity (Wildman–Crippen MR) is 55.3 cm³/mol. The highest BCUT2D eigenvalue weighted by molar-refractivity contribution is 6.31. The van der Waals surface area contributed by atoms with Crippen LogP contribution in [0.4, 0.5) is 0 Å². The summed E-state index contributed by atoms with van der Waals surface area (Å²) in [6, 6.07) is 6.91. The van der Waals surface area contributed by atoms with Crippen LogP contribution in [0.15, 0.2) is 24.3 Å². The molecule has 0 heterocycles. The van der Waals surface area contributed by atoms with Gasteiger partial charge in [-0.05, 0) is 18.1 Å². The highest BCUT2D eigenvalue weighted by Crippen LogP contribution is 2.23. The van der Waals surface area contributed by atoms with Crippen LogP contribution in [0.2, 0.25) is 5.02 Å². The molecule has 14 heavy (non-hydrogen) atoms. The first-order valence-electron chi connectivity index (χ1n) is 4.33. The molecule has 0 saturated heterocycles. The molecule has 76 valence electrons. The van der Waals surface area contributed by atoms with Crippen LogP contribution in [-0.2, 0) is 4.79 Å². The monoisotopic (exact) mass is 213 g/mol. The first-order valence-corrected chi connectivity index (χ1v) is 4.71. The summed E-state index contributed by atoms with van der Waals surface area (Å²) >= 11 is 5.91. The Balaban J connectivity index is 2.65. The Labute approximate surface area is 87.5 Å². The van der Waals surface area contributed by atoms with Crippen LogP contribution in [0.3, 0.4) is 0 Å². The molecule has 1 aromatic carbocycles. The molecule has 0 aliphatic heterocycles. The van der Waals surface area contributed by atoms with Crippen LogP contribution in [0.5, 0.6) is 0 Å². The number of nitrogens with two attached hydrogens (primary N) is 1. The Kier molecular flexibility index (Phi) is 3.92. The van der Waals surface area contributed by atoms with E-state index in [0.29, 0.717) is 11.4 Å². The van der Waals surface area contributed by atoms with Gasteiger partial charge < -0.3 is 10.8 Å². The quantitative estimate of drug-likeness (QED) is 0.806. The highest BCUT2D eigenvalue weighted by Gasteiger charge is 2.10. The third-order valence-corrected chi connectivity index (χ3v) is 2.32. The molecule has 1 atom stereocenters. The molecule has 0 fully saturated rings. The fraction of sp³-hybridized carbons (Fsp3) is 0.300. The van der Waals surface area contributed by atoms with Crippen molar-refractivity contribution in [1.29, 1.82) is 0 Å². The number of halogens is 1. The van der Waals surface area contributed by atoms with Gasteiger partial charge in [0.25, 0.3) is 0 Å². The molecule has 3 N–H and O–H groups in total. The van der Waals surface area contributed by atoms with Crippen LogP contribution >= 0.6 is 11.6 Å². The number of rotatable bonds is 4. The van der Waals surface area contributed by atoms with Gasteiger partial charge >= 0.3 is 5.97 Å². The van der Waals surface area contributed by atoms with E-state index in [0.717, 1.165) is 5.56 Å². The van der Waals surface area contributed by atoms with Crippen molar-refractivity contribution in [3.8, 4) is 0 Å². The van der Waals surface area contributed by atoms with Gasteiger partial charge in [-0.25, -0.2) is 0 Å². The van der Waals surface area contributed by atoms with Crippen molar-refractivity contribution in [1.82, 2.24) is 0 Å². The summed E-state index contributed by atoms with van der Waals surface area (Å²) < 4.78 is 0. The lowest BCUT2D eigenvalue weighted by Crippen LogP contribution is -2.12. The number of hydrogen-bond donors (Lipinski definition) is 2. The summed E-state index contributed by atoms with van der Waals surface area (Å²) in [4.78, 5) is 10.3. The second-order valence-corrected chi connectivity index (χ2v) is 3.47. The molecular formula is C10H12ClNO2. The Morgan fingerprint density at radius 2 is 2.14 bits per heavy atom. The number of hydrogen-bond acceptors (Lipinski definition) is 2. The molecule has 3 nitrogen and oxygen atoms in total. The fourth-order valence-corrected chi connectivity index (χ4v) is 1.49. The molecule has 0 bridgehead atoms. The van der Waals surface area contributed by atoms with Gasteiger partial charge in [0, 0.05) is 17.5 Å². The smallest absolute Gasteiger partial charge is 0.303 e. The molecule has 1 aromatic rings. The standard InChI is InChI=1S/C10H12ClNO2/c11-8-4-2-1-3-7(8)9(12)5-6-10(13)14/h1-4,9H,5-6,12H2,(H,13,14). The number of carboxylic acids is 1. The van der Waals surface area contributed by atoms with Gasteiger partial charge in [-0.15, -0.1) is 0 Å². The maximum atomic E-state index is 10.3. The van der Waals surface area contributed by atoms with Crippen LogP contribution in [0.1, 0.15) is 24.4 Å². The van der Waals surface area contributed by atoms with E-state index >= 15 is 0 Å². The van der Waals surface area contributed by atoms with Crippen molar-refractivity contribution in [2.45, 2.75) is 18.9 Å². The highest BCUT2D eigenvalue weighted by atomic mass is 35.5. The van der Waals surface area contributed by atoms with Gasteiger partial charge in [-0.3, -0.25) is 4.79 Å². The number of benzene rings is 1. The number of aliphatic carboxylic acids is 1. The maximum Gasteiger partial charge on any atom is 0.303 e. The minimum Gasteiger partial charge on any atom is -0.481 e. The first-order chi connectivity index (χ1) is 6.61. The summed E-state index contributed by atoms with van der Waals surface area (Å²) in [7, 11) is 0. The van der Waals surface area contributed by atoms with Crippen LogP contribution < -0.4 is 5.73 Å². The lowest BCUT2D eigenvalue weighted by Gasteiger charge is -2.11. The van der Waals surface area contributed by atoms with Gasteiger partial charge in [0.2, 0.25) is 0 Å². The Morgan fingerprint density at radius 1 is 1.50 bits per heavy atom. The molecular weight excluding hydrogens is 202 g/mol. The average molecular weight is 214 g/mol. The third-order valence-electron chi connectivity index (χ3n) is 1.97. The summed E-state index contributed by atoms with van der Waals surface area (Å²) in [5.74, 6) is -0.840. The van der Waals surface area contributed by atoms with Gasteiger partial charge in [0.05, 0.1) is 0 Å². The fourth-order valence-electron chi connectivity index (χ4n) is 1.21. The summed E-state index contributed by atoms with van der Waals surface area (Å²) in [5, 5.41) is 9.08. The van der Waals surface area contributed by atoms with E-state index < -0.39 is 5.97 Å². The summed E-state index contributed by atoms with van der Waals surface area (Å²) in [6.45, 7) is 0. The maximum absolute atomic E-state index is 10.3. The predicted octanol–water partition coefficient (Wildman–Crippen LogP) is 2.20. The van der Waals surface area contributed by atoms with E-state index in [1.54, 1.807) is 6.07 Å². The Morgan fingerprint density at radius 3 is 2.71 bits per heavy atom. The molecule has 0 radical (unpaired) electrons. The molecule has 1 unspecified atom stereocenters. The SMILES string of the molecule is NC(CCC(=O)O)c1ccccc1Cl. The lowest BCUT2D eigenvalue weighted by atomic mass is 10.0. The van der Waals surface area contributed by atoms with Crippen molar-refractivity contribution >= 4 is 17.6 Å². The van der Waals surface area contributed by atoms with Crippen molar-refractivity contribution in [3.63, 3.8) is 0 Å². The van der Waals surface area contributed by atoms with Crippen molar-refractivity contribution in [2.75, 3.05) is 0 Å². The van der Waals surface area contributed by atoms with Crippen molar-refractivity contribution in [2.24, 2.45) is 5.73 Å². The summed E-state index contributed by atoms with van der Waals surface area (Å²) in [5.41, 5.74) is 6.60. The molecule has 0 aromatic heterocycles. The normalized spacial score (nSPS) is 12.4. The average Bonchev–Trinajstić information content (AvgIpc) is 2.15. The molecule has 4 heteroatoms. The Bertz CT molecular complexity index is 328. The van der Waals surface area contributed by atoms with Gasteiger partial charge in [0.15, 0.2) is 0 Å².